The van der Waals surface area contributed by atoms with Gasteiger partial charge in [0.05, 0.1) is 16.9 Å². The number of rotatable bonds is 4. The lowest BCUT2D eigenvalue weighted by molar-refractivity contribution is 0.0697. The molecule has 2 heterocycles. The van der Waals surface area contributed by atoms with Crippen molar-refractivity contribution in [3.05, 3.63) is 71.7 Å². The summed E-state index contributed by atoms with van der Waals surface area (Å²) in [4.78, 5) is 27.8. The van der Waals surface area contributed by atoms with E-state index in [0.29, 0.717) is 0 Å². The summed E-state index contributed by atoms with van der Waals surface area (Å²) in [6.45, 7) is 1.73. The first-order chi connectivity index (χ1) is 15.2. The van der Waals surface area contributed by atoms with Crippen LogP contribution in [-0.2, 0) is 0 Å². The van der Waals surface area contributed by atoms with Crippen LogP contribution < -0.4 is 16.4 Å². The monoisotopic (exact) mass is 438 g/mol. The van der Waals surface area contributed by atoms with Gasteiger partial charge in [0.25, 0.3) is 0 Å². The number of benzene rings is 2. The molecule has 4 aromatic rings. The SMILES string of the molecule is Cc1ccc(F)c(NC(=O)Nc2ccc(-c3c(C(=O)O)cn4ncnc(N)c34)cc2F)c1. The number of hydrogen-bond donors (Lipinski definition) is 4. The molecule has 4 rings (SSSR count). The number of nitrogen functional groups attached to an aromatic ring is 1. The van der Waals surface area contributed by atoms with Crippen molar-refractivity contribution in [1.82, 2.24) is 14.6 Å². The van der Waals surface area contributed by atoms with Gasteiger partial charge in [-0.05, 0) is 42.3 Å². The van der Waals surface area contributed by atoms with Gasteiger partial charge in [0.15, 0.2) is 5.82 Å². The second-order valence-electron chi connectivity index (χ2n) is 6.92. The number of aryl methyl sites for hydroxylation is 1. The maximum Gasteiger partial charge on any atom is 0.337 e. The zero-order chi connectivity index (χ0) is 23.0. The normalized spacial score (nSPS) is 10.8. The molecule has 2 aromatic carbocycles. The summed E-state index contributed by atoms with van der Waals surface area (Å²) < 4.78 is 29.9. The van der Waals surface area contributed by atoms with E-state index in [0.717, 1.165) is 11.6 Å². The maximum absolute atomic E-state index is 14.8. The Bertz CT molecular complexity index is 1390. The van der Waals surface area contributed by atoms with Crippen LogP contribution >= 0.6 is 0 Å². The van der Waals surface area contributed by atoms with Crippen molar-refractivity contribution in [2.45, 2.75) is 6.92 Å². The number of urea groups is 1. The van der Waals surface area contributed by atoms with Gasteiger partial charge in [-0.3, -0.25) is 0 Å². The Balaban J connectivity index is 1.66. The van der Waals surface area contributed by atoms with Gasteiger partial charge in [0.2, 0.25) is 0 Å². The number of halogens is 2. The van der Waals surface area contributed by atoms with E-state index in [4.69, 9.17) is 5.73 Å². The van der Waals surface area contributed by atoms with Crippen LogP contribution in [0.1, 0.15) is 15.9 Å². The smallest absolute Gasteiger partial charge is 0.337 e. The van der Waals surface area contributed by atoms with Crippen LogP contribution in [0.2, 0.25) is 0 Å². The summed E-state index contributed by atoms with van der Waals surface area (Å²) in [6, 6.07) is 7.07. The molecule has 11 heteroatoms. The predicted octanol–water partition coefficient (Wildman–Crippen LogP) is 3.91. The number of amides is 2. The molecule has 0 spiro atoms. The predicted molar refractivity (Wildman–Crippen MR) is 114 cm³/mol. The number of hydrogen-bond acceptors (Lipinski definition) is 5. The third-order valence-electron chi connectivity index (χ3n) is 4.71. The quantitative estimate of drug-likeness (QED) is 0.382. The van der Waals surface area contributed by atoms with Crippen molar-refractivity contribution in [1.29, 1.82) is 0 Å². The Morgan fingerprint density at radius 3 is 2.53 bits per heavy atom. The number of anilines is 3. The summed E-state index contributed by atoms with van der Waals surface area (Å²) in [5.41, 5.74) is 6.75. The molecule has 9 nitrogen and oxygen atoms in total. The van der Waals surface area contributed by atoms with Crippen molar-refractivity contribution in [3.8, 4) is 11.1 Å². The average Bonchev–Trinajstić information content (AvgIpc) is 3.13. The molecule has 0 saturated carbocycles. The van der Waals surface area contributed by atoms with Gasteiger partial charge in [0, 0.05) is 11.8 Å². The Morgan fingerprint density at radius 1 is 1.06 bits per heavy atom. The van der Waals surface area contributed by atoms with Crippen LogP contribution in [0.3, 0.4) is 0 Å². The summed E-state index contributed by atoms with van der Waals surface area (Å²) >= 11 is 0. The second-order valence-corrected chi connectivity index (χ2v) is 6.92. The van der Waals surface area contributed by atoms with Crippen molar-refractivity contribution in [3.63, 3.8) is 0 Å². The van der Waals surface area contributed by atoms with Gasteiger partial charge in [0.1, 0.15) is 23.5 Å². The molecule has 162 valence electrons. The molecule has 2 amide bonds. The summed E-state index contributed by atoms with van der Waals surface area (Å²) in [7, 11) is 0. The summed E-state index contributed by atoms with van der Waals surface area (Å²) in [5, 5.41) is 18.1. The number of nitrogens with one attached hydrogen (secondary N) is 2. The molecule has 0 fully saturated rings. The topological polar surface area (TPSA) is 135 Å². The zero-order valence-corrected chi connectivity index (χ0v) is 16.6. The second kappa shape index (κ2) is 7.95. The third kappa shape index (κ3) is 3.78. The first-order valence-electron chi connectivity index (χ1n) is 9.24. The Morgan fingerprint density at radius 2 is 1.81 bits per heavy atom. The highest BCUT2D eigenvalue weighted by Gasteiger charge is 2.22. The lowest BCUT2D eigenvalue weighted by Gasteiger charge is -2.11. The Hall–Kier alpha value is -4.54. The highest BCUT2D eigenvalue weighted by Crippen LogP contribution is 2.34. The molecular weight excluding hydrogens is 422 g/mol. The molecule has 0 aliphatic carbocycles. The largest absolute Gasteiger partial charge is 0.478 e. The molecule has 0 aliphatic rings. The fourth-order valence-corrected chi connectivity index (χ4v) is 3.27. The van der Waals surface area contributed by atoms with Crippen molar-refractivity contribution >= 4 is 34.7 Å². The Labute approximate surface area is 179 Å². The van der Waals surface area contributed by atoms with E-state index in [1.54, 1.807) is 13.0 Å². The number of carbonyl (C=O) groups is 2. The number of aromatic nitrogens is 3. The zero-order valence-electron chi connectivity index (χ0n) is 16.6. The number of carboxylic acid groups (broad SMARTS) is 1. The number of nitrogens with zero attached hydrogens (tertiary/aromatic N) is 3. The van der Waals surface area contributed by atoms with Crippen molar-refractivity contribution in [2.24, 2.45) is 0 Å². The number of fused-ring (bicyclic) bond motifs is 1. The van der Waals surface area contributed by atoms with Gasteiger partial charge in [-0.25, -0.2) is 27.9 Å². The van der Waals surface area contributed by atoms with E-state index < -0.39 is 23.6 Å². The number of nitrogens with two attached hydrogens (primary N) is 1. The average molecular weight is 438 g/mol. The van der Waals surface area contributed by atoms with Gasteiger partial charge < -0.3 is 21.5 Å². The number of carbonyl (C=O) groups excluding carboxylic acids is 1. The van der Waals surface area contributed by atoms with E-state index in [1.807, 2.05) is 0 Å². The van der Waals surface area contributed by atoms with Crippen LogP contribution in [0, 0.1) is 18.6 Å². The van der Waals surface area contributed by atoms with E-state index in [9.17, 15) is 23.5 Å². The highest BCUT2D eigenvalue weighted by atomic mass is 19.1. The molecule has 2 aromatic heterocycles. The van der Waals surface area contributed by atoms with Crippen molar-refractivity contribution < 1.29 is 23.5 Å². The number of carboxylic acids is 1. The lowest BCUT2D eigenvalue weighted by atomic mass is 10.0. The molecule has 0 unspecified atom stereocenters. The third-order valence-corrected chi connectivity index (χ3v) is 4.71. The van der Waals surface area contributed by atoms with E-state index in [2.05, 4.69) is 20.7 Å². The maximum atomic E-state index is 14.8. The number of aromatic carboxylic acids is 1. The molecule has 0 atom stereocenters. The fraction of sp³-hybridized carbons (Fsp3) is 0.0476. The molecule has 0 radical (unpaired) electrons. The minimum absolute atomic E-state index is 0.0182. The fourth-order valence-electron chi connectivity index (χ4n) is 3.27. The van der Waals surface area contributed by atoms with Crippen LogP contribution in [0.25, 0.3) is 16.6 Å². The van der Waals surface area contributed by atoms with E-state index in [-0.39, 0.29) is 39.4 Å². The van der Waals surface area contributed by atoms with E-state index in [1.165, 1.54) is 41.3 Å². The van der Waals surface area contributed by atoms with Crippen LogP contribution in [0.15, 0.2) is 48.9 Å². The lowest BCUT2D eigenvalue weighted by Crippen LogP contribution is -2.20. The molecule has 0 saturated heterocycles. The van der Waals surface area contributed by atoms with Gasteiger partial charge in [-0.15, -0.1) is 0 Å². The molecule has 0 bridgehead atoms. The minimum Gasteiger partial charge on any atom is -0.478 e. The van der Waals surface area contributed by atoms with Crippen LogP contribution in [-0.4, -0.2) is 31.7 Å². The highest BCUT2D eigenvalue weighted by molar-refractivity contribution is 6.04. The summed E-state index contributed by atoms with van der Waals surface area (Å²) in [5.74, 6) is -2.71. The minimum atomic E-state index is -1.26. The molecule has 5 N–H and O–H groups in total. The van der Waals surface area contributed by atoms with Crippen molar-refractivity contribution in [2.75, 3.05) is 16.4 Å². The van der Waals surface area contributed by atoms with Crippen LogP contribution in [0.4, 0.5) is 30.8 Å². The first-order valence-corrected chi connectivity index (χ1v) is 9.24. The summed E-state index contributed by atoms with van der Waals surface area (Å²) in [6.07, 6.45) is 2.42. The first kappa shape index (κ1) is 20.7. The molecule has 32 heavy (non-hydrogen) atoms. The van der Waals surface area contributed by atoms with Gasteiger partial charge in [-0.2, -0.15) is 5.10 Å². The van der Waals surface area contributed by atoms with Gasteiger partial charge >= 0.3 is 12.0 Å². The van der Waals surface area contributed by atoms with E-state index >= 15 is 0 Å². The standard InChI is InChI=1S/C21H16F2N6O3/c1-10-2-4-13(22)16(6-10)28-21(32)27-15-5-3-11(7-14(15)23)17-12(20(30)31)8-29-18(17)19(24)25-9-26-29/h2-9H,1H3,(H,30,31)(H2,24,25,26)(H2,27,28,32). The molecule has 0 aliphatic heterocycles. The van der Waals surface area contributed by atoms with Crippen LogP contribution in [0.5, 0.6) is 0 Å². The Kier molecular flexibility index (Phi) is 5.15. The van der Waals surface area contributed by atoms with Gasteiger partial charge in [-0.1, -0.05) is 12.1 Å². The molecular formula is C21H16F2N6O3.